The highest BCUT2D eigenvalue weighted by Gasteiger charge is 2.18. The lowest BCUT2D eigenvalue weighted by molar-refractivity contribution is -0.122. The van der Waals surface area contributed by atoms with E-state index in [1.54, 1.807) is 0 Å². The number of alkyl halides is 1. The highest BCUT2D eigenvalue weighted by atomic mass is 35.5. The van der Waals surface area contributed by atoms with Gasteiger partial charge < -0.3 is 5.32 Å². The number of nitrogens with one attached hydrogen (secondary N) is 1. The molecule has 78 valence electrons. The van der Waals surface area contributed by atoms with Gasteiger partial charge in [0.25, 0.3) is 0 Å². The molecule has 0 spiro atoms. The van der Waals surface area contributed by atoms with Gasteiger partial charge in [0.15, 0.2) is 0 Å². The molecule has 2 nitrogen and oxygen atoms in total. The maximum absolute atomic E-state index is 11.3. The second-order valence-corrected chi connectivity index (χ2v) is 4.35. The van der Waals surface area contributed by atoms with Crippen molar-refractivity contribution in [2.45, 2.75) is 52.0 Å². The Hall–Kier alpha value is -0.240. The molecule has 0 saturated carbocycles. The Kier molecular flexibility index (Phi) is 6.13. The van der Waals surface area contributed by atoms with Gasteiger partial charge in [0.2, 0.25) is 5.91 Å². The first kappa shape index (κ1) is 12.8. The largest absolute Gasteiger partial charge is 0.351 e. The van der Waals surface area contributed by atoms with E-state index < -0.39 is 0 Å². The van der Waals surface area contributed by atoms with Gasteiger partial charge in [-0.1, -0.05) is 13.3 Å². The van der Waals surface area contributed by atoms with Gasteiger partial charge in [0, 0.05) is 17.8 Å². The smallest absolute Gasteiger partial charge is 0.220 e. The zero-order valence-corrected chi connectivity index (χ0v) is 9.58. The van der Waals surface area contributed by atoms with Gasteiger partial charge in [-0.05, 0) is 26.7 Å². The molecule has 0 radical (unpaired) electrons. The number of carbonyl (C=O) groups is 1. The summed E-state index contributed by atoms with van der Waals surface area (Å²) in [6, 6.07) is 0. The molecule has 13 heavy (non-hydrogen) atoms. The fraction of sp³-hybridized carbons (Fsp3) is 0.900. The summed E-state index contributed by atoms with van der Waals surface area (Å²) in [4.78, 5) is 11.3. The van der Waals surface area contributed by atoms with Crippen molar-refractivity contribution in [3.05, 3.63) is 0 Å². The first-order valence-electron chi connectivity index (χ1n) is 4.89. The monoisotopic (exact) mass is 205 g/mol. The van der Waals surface area contributed by atoms with Gasteiger partial charge in [-0.25, -0.2) is 0 Å². The predicted molar refractivity (Wildman–Crippen MR) is 57.1 cm³/mol. The number of amides is 1. The molecule has 1 amide bonds. The molecule has 0 saturated heterocycles. The Morgan fingerprint density at radius 1 is 1.46 bits per heavy atom. The molecule has 3 heteroatoms. The van der Waals surface area contributed by atoms with Gasteiger partial charge in [-0.2, -0.15) is 0 Å². The van der Waals surface area contributed by atoms with Crippen LogP contribution in [0.2, 0.25) is 0 Å². The topological polar surface area (TPSA) is 29.1 Å². The van der Waals surface area contributed by atoms with Crippen LogP contribution in [0.15, 0.2) is 0 Å². The Balaban J connectivity index is 3.75. The van der Waals surface area contributed by atoms with Crippen LogP contribution in [0.4, 0.5) is 0 Å². The van der Waals surface area contributed by atoms with Crippen molar-refractivity contribution >= 4 is 17.5 Å². The van der Waals surface area contributed by atoms with Crippen molar-refractivity contribution < 1.29 is 4.79 Å². The van der Waals surface area contributed by atoms with Gasteiger partial charge in [0.05, 0.1) is 0 Å². The maximum atomic E-state index is 11.3. The van der Waals surface area contributed by atoms with Crippen LogP contribution in [-0.2, 0) is 4.79 Å². The van der Waals surface area contributed by atoms with E-state index in [2.05, 4.69) is 26.1 Å². The standard InChI is InChI=1S/C10H20ClNO/c1-4-7-10(2,3)12-9(13)6-5-8-11/h4-8H2,1-3H3,(H,12,13). The third kappa shape index (κ3) is 6.88. The van der Waals surface area contributed by atoms with Crippen molar-refractivity contribution in [3.63, 3.8) is 0 Å². The fourth-order valence-corrected chi connectivity index (χ4v) is 1.49. The number of hydrogen-bond donors (Lipinski definition) is 1. The summed E-state index contributed by atoms with van der Waals surface area (Å²) in [5.41, 5.74) is -0.0713. The Bertz CT molecular complexity index is 157. The molecule has 0 aromatic rings. The fourth-order valence-electron chi connectivity index (χ4n) is 1.35. The Labute approximate surface area is 86.0 Å². The summed E-state index contributed by atoms with van der Waals surface area (Å²) in [5, 5.41) is 2.99. The minimum Gasteiger partial charge on any atom is -0.351 e. The second-order valence-electron chi connectivity index (χ2n) is 3.97. The molecule has 0 aliphatic rings. The van der Waals surface area contributed by atoms with Crippen molar-refractivity contribution in [1.82, 2.24) is 5.32 Å². The zero-order chi connectivity index (χ0) is 10.3. The van der Waals surface area contributed by atoms with Gasteiger partial charge in [-0.3, -0.25) is 4.79 Å². The van der Waals surface area contributed by atoms with Crippen LogP contribution in [0.5, 0.6) is 0 Å². The molecule has 0 aliphatic heterocycles. The summed E-state index contributed by atoms with van der Waals surface area (Å²) in [6.45, 7) is 6.22. The summed E-state index contributed by atoms with van der Waals surface area (Å²) in [7, 11) is 0. The average molecular weight is 206 g/mol. The summed E-state index contributed by atoms with van der Waals surface area (Å²) < 4.78 is 0. The highest BCUT2D eigenvalue weighted by Crippen LogP contribution is 2.10. The van der Waals surface area contributed by atoms with Crippen LogP contribution in [-0.4, -0.2) is 17.3 Å². The Morgan fingerprint density at radius 2 is 2.08 bits per heavy atom. The van der Waals surface area contributed by atoms with E-state index in [1.807, 2.05) is 0 Å². The molecule has 0 aromatic carbocycles. The molecule has 0 aromatic heterocycles. The van der Waals surface area contributed by atoms with E-state index in [0.29, 0.717) is 12.3 Å². The predicted octanol–water partition coefficient (Wildman–Crippen LogP) is 2.70. The van der Waals surface area contributed by atoms with Gasteiger partial charge in [-0.15, -0.1) is 11.6 Å². The lowest BCUT2D eigenvalue weighted by atomic mass is 9.99. The minimum absolute atomic E-state index is 0.0713. The van der Waals surface area contributed by atoms with Crippen molar-refractivity contribution in [1.29, 1.82) is 0 Å². The lowest BCUT2D eigenvalue weighted by Gasteiger charge is -2.25. The summed E-state index contributed by atoms with van der Waals surface area (Å²) >= 11 is 5.50. The molecule has 0 rings (SSSR count). The molecule has 0 fully saturated rings. The first-order chi connectivity index (χ1) is 6.02. The summed E-state index contributed by atoms with van der Waals surface area (Å²) in [5.74, 6) is 0.667. The molecule has 0 aliphatic carbocycles. The van der Waals surface area contributed by atoms with Crippen molar-refractivity contribution in [2.24, 2.45) is 0 Å². The van der Waals surface area contributed by atoms with Crippen LogP contribution in [0.3, 0.4) is 0 Å². The van der Waals surface area contributed by atoms with E-state index in [0.717, 1.165) is 19.3 Å². The molecule has 0 atom stereocenters. The molecule has 1 N–H and O–H groups in total. The maximum Gasteiger partial charge on any atom is 0.220 e. The van der Waals surface area contributed by atoms with E-state index in [9.17, 15) is 4.79 Å². The van der Waals surface area contributed by atoms with E-state index in [1.165, 1.54) is 0 Å². The van der Waals surface area contributed by atoms with E-state index in [-0.39, 0.29) is 11.4 Å². The third-order valence-corrected chi connectivity index (χ3v) is 2.16. The molecule has 0 bridgehead atoms. The van der Waals surface area contributed by atoms with Gasteiger partial charge >= 0.3 is 0 Å². The minimum atomic E-state index is -0.0713. The first-order valence-corrected chi connectivity index (χ1v) is 5.42. The van der Waals surface area contributed by atoms with E-state index in [4.69, 9.17) is 11.6 Å². The lowest BCUT2D eigenvalue weighted by Crippen LogP contribution is -2.43. The second kappa shape index (κ2) is 6.25. The molecular formula is C10H20ClNO. The summed E-state index contributed by atoms with van der Waals surface area (Å²) in [6.07, 6.45) is 3.40. The quantitative estimate of drug-likeness (QED) is 0.664. The normalized spacial score (nSPS) is 11.4. The molecule has 0 heterocycles. The van der Waals surface area contributed by atoms with Crippen LogP contribution in [0.25, 0.3) is 0 Å². The van der Waals surface area contributed by atoms with Crippen molar-refractivity contribution in [2.75, 3.05) is 5.88 Å². The average Bonchev–Trinajstić information content (AvgIpc) is 1.99. The molecule has 0 unspecified atom stereocenters. The number of carbonyl (C=O) groups excluding carboxylic acids is 1. The Morgan fingerprint density at radius 3 is 2.54 bits per heavy atom. The SMILES string of the molecule is CCCC(C)(C)NC(=O)CCCCl. The van der Waals surface area contributed by atoms with Crippen LogP contribution in [0.1, 0.15) is 46.5 Å². The van der Waals surface area contributed by atoms with Gasteiger partial charge in [0.1, 0.15) is 0 Å². The number of hydrogen-bond acceptors (Lipinski definition) is 1. The van der Waals surface area contributed by atoms with Crippen LogP contribution < -0.4 is 5.32 Å². The van der Waals surface area contributed by atoms with E-state index >= 15 is 0 Å². The van der Waals surface area contributed by atoms with Crippen molar-refractivity contribution in [3.8, 4) is 0 Å². The molecular weight excluding hydrogens is 186 g/mol. The van der Waals surface area contributed by atoms with Crippen LogP contribution in [0, 0.1) is 0 Å². The third-order valence-electron chi connectivity index (χ3n) is 1.89. The highest BCUT2D eigenvalue weighted by molar-refractivity contribution is 6.17. The van der Waals surface area contributed by atoms with Crippen LogP contribution >= 0.6 is 11.6 Å². The zero-order valence-electron chi connectivity index (χ0n) is 8.82. The number of halogens is 1. The number of rotatable bonds is 6.